The van der Waals surface area contributed by atoms with Gasteiger partial charge in [-0.15, -0.1) is 11.8 Å². The van der Waals surface area contributed by atoms with Gasteiger partial charge in [-0.25, -0.2) is 9.59 Å². The molecule has 0 radical (unpaired) electrons. The second kappa shape index (κ2) is 9.98. The zero-order chi connectivity index (χ0) is 21.6. The fraction of sp³-hybridized carbons (Fsp3) is 0.400. The summed E-state index contributed by atoms with van der Waals surface area (Å²) in [6, 6.07) is 5.03. The number of thioether (sulfide) groups is 1. The third kappa shape index (κ3) is 6.93. The third-order valence-corrected chi connectivity index (χ3v) is 4.90. The summed E-state index contributed by atoms with van der Waals surface area (Å²) in [5.41, 5.74) is -0.494. The van der Waals surface area contributed by atoms with E-state index in [1.807, 2.05) is 0 Å². The first-order chi connectivity index (χ1) is 13.6. The Morgan fingerprint density at radius 3 is 2.62 bits per heavy atom. The molecule has 0 aliphatic heterocycles. The van der Waals surface area contributed by atoms with E-state index in [4.69, 9.17) is 13.9 Å². The van der Waals surface area contributed by atoms with E-state index in [-0.39, 0.29) is 29.9 Å². The Balaban J connectivity index is 1.92. The molecule has 0 unspecified atom stereocenters. The highest BCUT2D eigenvalue weighted by Crippen LogP contribution is 2.28. The summed E-state index contributed by atoms with van der Waals surface area (Å²) < 4.78 is 53.4. The van der Waals surface area contributed by atoms with E-state index in [0.717, 1.165) is 4.90 Å². The molecule has 0 aliphatic rings. The first kappa shape index (κ1) is 23.0. The van der Waals surface area contributed by atoms with Gasteiger partial charge in [-0.1, -0.05) is 6.58 Å². The molecule has 1 aromatic heterocycles. The van der Waals surface area contributed by atoms with Crippen molar-refractivity contribution in [1.29, 1.82) is 0 Å². The molecule has 5 nitrogen and oxygen atoms in total. The van der Waals surface area contributed by atoms with Crippen molar-refractivity contribution in [3.8, 4) is 0 Å². The highest BCUT2D eigenvalue weighted by atomic mass is 32.2. The first-order valence-corrected chi connectivity index (χ1v) is 9.73. The van der Waals surface area contributed by atoms with Crippen LogP contribution in [0.5, 0.6) is 0 Å². The lowest BCUT2D eigenvalue weighted by Gasteiger charge is -2.11. The van der Waals surface area contributed by atoms with Crippen LogP contribution in [-0.4, -0.2) is 37.7 Å². The van der Waals surface area contributed by atoms with Crippen molar-refractivity contribution in [1.82, 2.24) is 0 Å². The van der Waals surface area contributed by atoms with Gasteiger partial charge in [-0.2, -0.15) is 13.2 Å². The third-order valence-electron chi connectivity index (χ3n) is 3.94. The van der Waals surface area contributed by atoms with Gasteiger partial charge in [0.2, 0.25) is 0 Å². The zero-order valence-corrected chi connectivity index (χ0v) is 16.9. The van der Waals surface area contributed by atoms with Gasteiger partial charge in [0.05, 0.1) is 25.2 Å². The summed E-state index contributed by atoms with van der Waals surface area (Å²) in [5, 5.41) is 0.476. The Hall–Kier alpha value is -2.26. The number of hydrogen-bond donors (Lipinski definition) is 0. The Bertz CT molecular complexity index is 950. The number of alkyl halides is 3. The van der Waals surface area contributed by atoms with E-state index in [1.165, 1.54) is 18.7 Å². The number of ether oxygens (including phenoxy) is 2. The van der Waals surface area contributed by atoms with E-state index in [0.29, 0.717) is 23.3 Å². The monoisotopic (exact) mass is 430 g/mol. The maximum atomic E-state index is 12.7. The van der Waals surface area contributed by atoms with Gasteiger partial charge in [-0.05, 0) is 37.6 Å². The first-order valence-electron chi connectivity index (χ1n) is 8.75. The molecule has 0 saturated heterocycles. The molecule has 158 valence electrons. The molecule has 1 aromatic carbocycles. The van der Waals surface area contributed by atoms with Crippen molar-refractivity contribution in [3.63, 3.8) is 0 Å². The molecule has 0 amide bonds. The molecule has 0 atom stereocenters. The molecular formula is C20H21F3O5S. The zero-order valence-electron chi connectivity index (χ0n) is 16.1. The van der Waals surface area contributed by atoms with E-state index in [1.54, 1.807) is 25.1 Å². The van der Waals surface area contributed by atoms with Crippen molar-refractivity contribution in [3.05, 3.63) is 51.9 Å². The maximum Gasteiger partial charge on any atom is 0.393 e. The van der Waals surface area contributed by atoms with Crippen LogP contribution >= 0.6 is 11.8 Å². The van der Waals surface area contributed by atoms with E-state index in [9.17, 15) is 22.8 Å². The van der Waals surface area contributed by atoms with Gasteiger partial charge in [0, 0.05) is 21.6 Å². The van der Waals surface area contributed by atoms with Crippen LogP contribution in [0, 0.1) is 6.92 Å². The molecule has 1 heterocycles. The normalized spacial score (nSPS) is 11.6. The molecule has 0 spiro atoms. The Morgan fingerprint density at radius 2 is 1.97 bits per heavy atom. The van der Waals surface area contributed by atoms with Crippen LogP contribution in [0.2, 0.25) is 0 Å². The number of fused-ring (bicyclic) bond motifs is 1. The Labute approximate surface area is 169 Å². The van der Waals surface area contributed by atoms with Crippen molar-refractivity contribution >= 4 is 28.7 Å². The summed E-state index contributed by atoms with van der Waals surface area (Å²) in [5.74, 6) is 0.129. The lowest BCUT2D eigenvalue weighted by Crippen LogP contribution is -2.20. The number of carbonyl (C=O) groups is 1. The van der Waals surface area contributed by atoms with Crippen molar-refractivity contribution < 1.29 is 31.9 Å². The lowest BCUT2D eigenvalue weighted by atomic mass is 10.0. The van der Waals surface area contributed by atoms with Gasteiger partial charge < -0.3 is 13.9 Å². The summed E-state index contributed by atoms with van der Waals surface area (Å²) >= 11 is 1.44. The number of carbonyl (C=O) groups excluding carboxylic acids is 1. The molecular weight excluding hydrogens is 409 g/mol. The van der Waals surface area contributed by atoms with Gasteiger partial charge in [0.25, 0.3) is 0 Å². The van der Waals surface area contributed by atoms with E-state index >= 15 is 0 Å². The SMILES string of the molecule is C=C(C)C(=O)OCCOCCSc1ccc2c(C)c(CC(F)(F)F)c(=O)oc2c1. The maximum absolute atomic E-state index is 12.7. The molecule has 2 rings (SSSR count). The van der Waals surface area contributed by atoms with Gasteiger partial charge in [-0.3, -0.25) is 0 Å². The Morgan fingerprint density at radius 1 is 1.24 bits per heavy atom. The fourth-order valence-corrected chi connectivity index (χ4v) is 3.30. The van der Waals surface area contributed by atoms with Gasteiger partial charge >= 0.3 is 17.8 Å². The quantitative estimate of drug-likeness (QED) is 0.193. The minimum atomic E-state index is -4.48. The van der Waals surface area contributed by atoms with Crippen molar-refractivity contribution in [2.45, 2.75) is 31.3 Å². The van der Waals surface area contributed by atoms with Gasteiger partial charge in [0.1, 0.15) is 12.2 Å². The summed E-state index contributed by atoms with van der Waals surface area (Å²) in [6.07, 6.45) is -5.79. The number of benzene rings is 1. The summed E-state index contributed by atoms with van der Waals surface area (Å²) in [4.78, 5) is 23.9. The van der Waals surface area contributed by atoms with Crippen LogP contribution in [0.25, 0.3) is 11.0 Å². The summed E-state index contributed by atoms with van der Waals surface area (Å²) in [6.45, 7) is 7.32. The molecule has 0 bridgehead atoms. The molecule has 2 aromatic rings. The Kier molecular flexibility index (Phi) is 7.92. The average molecular weight is 430 g/mol. The molecule has 0 saturated carbocycles. The molecule has 29 heavy (non-hydrogen) atoms. The number of halogens is 3. The van der Waals surface area contributed by atoms with Gasteiger partial charge in [0.15, 0.2) is 0 Å². The van der Waals surface area contributed by atoms with Crippen LogP contribution in [0.3, 0.4) is 0 Å². The minimum Gasteiger partial charge on any atom is -0.460 e. The van der Waals surface area contributed by atoms with Crippen LogP contribution in [-0.2, 0) is 20.7 Å². The number of hydrogen-bond acceptors (Lipinski definition) is 6. The van der Waals surface area contributed by atoms with Crippen molar-refractivity contribution in [2.75, 3.05) is 25.6 Å². The molecule has 0 N–H and O–H groups in total. The molecule has 9 heteroatoms. The van der Waals surface area contributed by atoms with Crippen LogP contribution in [0.15, 0.2) is 44.5 Å². The van der Waals surface area contributed by atoms with Crippen LogP contribution in [0.1, 0.15) is 18.1 Å². The minimum absolute atomic E-state index is 0.136. The highest BCUT2D eigenvalue weighted by Gasteiger charge is 2.31. The summed E-state index contributed by atoms with van der Waals surface area (Å²) in [7, 11) is 0. The second-order valence-electron chi connectivity index (χ2n) is 6.32. The predicted molar refractivity (Wildman–Crippen MR) is 104 cm³/mol. The highest BCUT2D eigenvalue weighted by molar-refractivity contribution is 7.99. The largest absolute Gasteiger partial charge is 0.460 e. The van der Waals surface area contributed by atoms with Crippen LogP contribution < -0.4 is 5.63 Å². The number of rotatable bonds is 9. The number of esters is 1. The molecule has 0 fully saturated rings. The smallest absolute Gasteiger partial charge is 0.393 e. The topological polar surface area (TPSA) is 65.7 Å². The lowest BCUT2D eigenvalue weighted by molar-refractivity contribution is -0.140. The average Bonchev–Trinajstić information content (AvgIpc) is 2.63. The van der Waals surface area contributed by atoms with Crippen molar-refractivity contribution in [2.24, 2.45) is 0 Å². The molecule has 0 aliphatic carbocycles. The van der Waals surface area contributed by atoms with Crippen LogP contribution in [0.4, 0.5) is 13.2 Å². The van der Waals surface area contributed by atoms with E-state index < -0.39 is 24.2 Å². The second-order valence-corrected chi connectivity index (χ2v) is 7.49. The predicted octanol–water partition coefficient (Wildman–Crippen LogP) is 4.43. The standard InChI is InChI=1S/C20H21F3O5S/c1-12(2)18(24)27-7-6-26-8-9-29-14-4-5-15-13(3)16(11-20(21,22)23)19(25)28-17(15)10-14/h4-5,10H,1,6-9,11H2,2-3H3. The fourth-order valence-electron chi connectivity index (χ4n) is 2.51. The van der Waals surface area contributed by atoms with E-state index in [2.05, 4.69) is 6.58 Å². The number of aryl methyl sites for hydroxylation is 1.